The predicted octanol–water partition coefficient (Wildman–Crippen LogP) is 3.31. The van der Waals surface area contributed by atoms with Gasteiger partial charge in [-0.05, 0) is 31.4 Å². The number of carbonyl (C=O) groups excluding carboxylic acids is 2. The molecule has 0 aliphatic heterocycles. The molecule has 0 aliphatic carbocycles. The second-order valence-corrected chi connectivity index (χ2v) is 6.82. The van der Waals surface area contributed by atoms with Crippen LogP contribution < -0.4 is 0 Å². The number of nitrogens with zero attached hydrogens (tertiary/aromatic N) is 2. The van der Waals surface area contributed by atoms with Gasteiger partial charge in [0.2, 0.25) is 0 Å². The fraction of sp³-hybridized carbons (Fsp3) is 0.375. The van der Waals surface area contributed by atoms with Crippen LogP contribution in [0.3, 0.4) is 0 Å². The molecule has 0 amide bonds. The second-order valence-electron chi connectivity index (χ2n) is 6.82. The van der Waals surface area contributed by atoms with Gasteiger partial charge in [-0.1, -0.05) is 60.7 Å². The van der Waals surface area contributed by atoms with Crippen molar-refractivity contribution in [2.24, 2.45) is 0 Å². The number of hydrogen-bond acceptors (Lipinski definition) is 6. The lowest BCUT2D eigenvalue weighted by molar-refractivity contribution is -0.148. The highest BCUT2D eigenvalue weighted by Gasteiger charge is 2.35. The first kappa shape index (κ1) is 23.1. The molecule has 6 heteroatoms. The van der Waals surface area contributed by atoms with E-state index in [-0.39, 0.29) is 26.3 Å². The van der Waals surface area contributed by atoms with Gasteiger partial charge in [-0.2, -0.15) is 5.26 Å². The molecule has 2 aromatic carbocycles. The Balaban J connectivity index is 2.31. The van der Waals surface area contributed by atoms with Crippen LogP contribution in [0.25, 0.3) is 0 Å². The monoisotopic (exact) mass is 408 g/mol. The molecule has 0 bridgehead atoms. The zero-order chi connectivity index (χ0) is 21.8. The first-order valence-electron chi connectivity index (χ1n) is 10.1. The number of hydrogen-bond donors (Lipinski definition) is 0. The van der Waals surface area contributed by atoms with Gasteiger partial charge in [0.15, 0.2) is 0 Å². The molecule has 0 N–H and O–H groups in total. The topological polar surface area (TPSA) is 79.6 Å². The molecule has 0 aliphatic rings. The molecule has 6 nitrogen and oxygen atoms in total. The minimum atomic E-state index is -0.913. The van der Waals surface area contributed by atoms with Crippen molar-refractivity contribution in [3.05, 3.63) is 71.8 Å². The second kappa shape index (κ2) is 11.7. The molecule has 2 aromatic rings. The third-order valence-electron chi connectivity index (χ3n) is 4.84. The van der Waals surface area contributed by atoms with Crippen LogP contribution in [0.1, 0.15) is 31.4 Å². The third kappa shape index (κ3) is 6.16. The highest BCUT2D eigenvalue weighted by molar-refractivity contribution is 5.75. The van der Waals surface area contributed by atoms with Gasteiger partial charge in [-0.15, -0.1) is 0 Å². The minimum absolute atomic E-state index is 0.0439. The molecule has 0 fully saturated rings. The van der Waals surface area contributed by atoms with Crippen LogP contribution in [0.5, 0.6) is 0 Å². The molecule has 30 heavy (non-hydrogen) atoms. The maximum absolute atomic E-state index is 12.0. The Hall–Kier alpha value is -3.17. The van der Waals surface area contributed by atoms with E-state index in [1.165, 1.54) is 0 Å². The van der Waals surface area contributed by atoms with Crippen LogP contribution in [0, 0.1) is 11.3 Å². The maximum atomic E-state index is 12.0. The van der Waals surface area contributed by atoms with Crippen LogP contribution in [0.4, 0.5) is 0 Å². The van der Waals surface area contributed by atoms with Gasteiger partial charge in [0.1, 0.15) is 5.41 Å². The van der Waals surface area contributed by atoms with E-state index in [1.807, 2.05) is 60.7 Å². The van der Waals surface area contributed by atoms with Crippen molar-refractivity contribution in [3.63, 3.8) is 0 Å². The Kier molecular flexibility index (Phi) is 9.04. The molecule has 0 spiro atoms. The Labute approximate surface area is 178 Å². The molecule has 0 aromatic heterocycles. The molecule has 0 saturated heterocycles. The number of ether oxygens (including phenoxy) is 2. The summed E-state index contributed by atoms with van der Waals surface area (Å²) in [5.74, 6) is -0.826. The van der Waals surface area contributed by atoms with Crippen molar-refractivity contribution in [3.8, 4) is 6.07 Å². The zero-order valence-corrected chi connectivity index (χ0v) is 17.5. The molecule has 0 unspecified atom stereocenters. The van der Waals surface area contributed by atoms with E-state index < -0.39 is 17.4 Å². The number of nitriles is 1. The van der Waals surface area contributed by atoms with E-state index in [0.29, 0.717) is 13.0 Å². The van der Waals surface area contributed by atoms with Crippen molar-refractivity contribution in [2.75, 3.05) is 32.8 Å². The van der Waals surface area contributed by atoms with Crippen molar-refractivity contribution >= 4 is 11.9 Å². The van der Waals surface area contributed by atoms with Gasteiger partial charge in [-0.3, -0.25) is 14.5 Å². The number of benzene rings is 2. The van der Waals surface area contributed by atoms with E-state index in [1.54, 1.807) is 18.7 Å². The van der Waals surface area contributed by atoms with Crippen molar-refractivity contribution < 1.29 is 19.1 Å². The fourth-order valence-corrected chi connectivity index (χ4v) is 3.40. The predicted molar refractivity (Wildman–Crippen MR) is 114 cm³/mol. The van der Waals surface area contributed by atoms with Crippen LogP contribution in [0.15, 0.2) is 60.7 Å². The van der Waals surface area contributed by atoms with E-state index >= 15 is 0 Å². The highest BCUT2D eigenvalue weighted by atomic mass is 16.5. The fourth-order valence-electron chi connectivity index (χ4n) is 3.40. The van der Waals surface area contributed by atoms with Crippen LogP contribution in [-0.4, -0.2) is 49.7 Å². The van der Waals surface area contributed by atoms with Gasteiger partial charge < -0.3 is 9.47 Å². The van der Waals surface area contributed by atoms with E-state index in [4.69, 9.17) is 9.47 Å². The highest BCUT2D eigenvalue weighted by Crippen LogP contribution is 2.35. The Morgan fingerprint density at radius 3 is 1.67 bits per heavy atom. The smallest absolute Gasteiger partial charge is 0.320 e. The maximum Gasteiger partial charge on any atom is 0.320 e. The number of rotatable bonds is 11. The van der Waals surface area contributed by atoms with Gasteiger partial charge in [0.25, 0.3) is 0 Å². The minimum Gasteiger partial charge on any atom is -0.465 e. The summed E-state index contributed by atoms with van der Waals surface area (Å²) >= 11 is 0. The lowest BCUT2D eigenvalue weighted by atomic mass is 9.73. The number of carbonyl (C=O) groups is 2. The van der Waals surface area contributed by atoms with Crippen LogP contribution >= 0.6 is 0 Å². The van der Waals surface area contributed by atoms with Crippen molar-refractivity contribution in [1.82, 2.24) is 4.90 Å². The van der Waals surface area contributed by atoms with Crippen LogP contribution in [0.2, 0.25) is 0 Å². The molecule has 158 valence electrons. The van der Waals surface area contributed by atoms with Gasteiger partial charge in [0, 0.05) is 6.54 Å². The number of esters is 2. The lowest BCUT2D eigenvalue weighted by Crippen LogP contribution is -2.40. The summed E-state index contributed by atoms with van der Waals surface area (Å²) in [5.41, 5.74) is 0.821. The lowest BCUT2D eigenvalue weighted by Gasteiger charge is -2.30. The summed E-state index contributed by atoms with van der Waals surface area (Å²) in [7, 11) is 0. The normalized spacial score (nSPS) is 11.0. The quantitative estimate of drug-likeness (QED) is 0.531. The van der Waals surface area contributed by atoms with E-state index in [9.17, 15) is 14.9 Å². The Bertz CT molecular complexity index is 787. The molecular formula is C24H28N2O4. The van der Waals surface area contributed by atoms with Crippen LogP contribution in [-0.2, 0) is 24.5 Å². The summed E-state index contributed by atoms with van der Waals surface area (Å²) < 4.78 is 10.1. The summed E-state index contributed by atoms with van der Waals surface area (Å²) in [6.07, 6.45) is 0.399. The summed E-state index contributed by atoms with van der Waals surface area (Å²) in [5, 5.41) is 10.3. The third-order valence-corrected chi connectivity index (χ3v) is 4.84. The standard InChI is InChI=1S/C24H28N2O4/c1-3-29-22(27)17-26(18-23(28)30-4-2)16-15-24(19-25,20-11-7-5-8-12-20)21-13-9-6-10-14-21/h5-14H,3-4,15-18H2,1-2H3. The zero-order valence-electron chi connectivity index (χ0n) is 17.5. The average molecular weight is 408 g/mol. The van der Waals surface area contributed by atoms with E-state index in [2.05, 4.69) is 6.07 Å². The first-order chi connectivity index (χ1) is 14.6. The molecule has 0 heterocycles. The average Bonchev–Trinajstić information content (AvgIpc) is 2.76. The Morgan fingerprint density at radius 2 is 1.30 bits per heavy atom. The van der Waals surface area contributed by atoms with Crippen molar-refractivity contribution in [2.45, 2.75) is 25.7 Å². The van der Waals surface area contributed by atoms with Gasteiger partial charge in [-0.25, -0.2) is 0 Å². The Morgan fingerprint density at radius 1 is 0.867 bits per heavy atom. The first-order valence-corrected chi connectivity index (χ1v) is 10.1. The SMILES string of the molecule is CCOC(=O)CN(CCC(C#N)(c1ccccc1)c1ccccc1)CC(=O)OCC. The molecular weight excluding hydrogens is 380 g/mol. The van der Waals surface area contributed by atoms with Crippen molar-refractivity contribution in [1.29, 1.82) is 5.26 Å². The molecule has 0 saturated carbocycles. The largest absolute Gasteiger partial charge is 0.465 e. The molecule has 0 atom stereocenters. The summed E-state index contributed by atoms with van der Waals surface area (Å²) in [4.78, 5) is 25.8. The van der Waals surface area contributed by atoms with Gasteiger partial charge in [0.05, 0.1) is 32.4 Å². The summed E-state index contributed by atoms with van der Waals surface area (Å²) in [6.45, 7) is 4.26. The molecule has 2 rings (SSSR count). The molecule has 0 radical (unpaired) electrons. The summed E-state index contributed by atoms with van der Waals surface area (Å²) in [6, 6.07) is 21.6. The van der Waals surface area contributed by atoms with E-state index in [0.717, 1.165) is 11.1 Å². The van der Waals surface area contributed by atoms with Gasteiger partial charge >= 0.3 is 11.9 Å².